The van der Waals surface area contributed by atoms with Gasteiger partial charge in [0.25, 0.3) is 0 Å². The van der Waals surface area contributed by atoms with E-state index in [1.165, 1.54) is 37.6 Å². The van der Waals surface area contributed by atoms with Gasteiger partial charge in [-0.1, -0.05) is 56.0 Å². The normalized spacial score (nSPS) is 12.7. The van der Waals surface area contributed by atoms with Crippen molar-refractivity contribution < 1.29 is 27.2 Å². The van der Waals surface area contributed by atoms with Crippen LogP contribution in [0.1, 0.15) is 48.5 Å². The van der Waals surface area contributed by atoms with Crippen molar-refractivity contribution in [3.05, 3.63) is 114 Å². The van der Waals surface area contributed by atoms with Crippen LogP contribution in [0.3, 0.4) is 0 Å². The maximum atomic E-state index is 13.0. The van der Waals surface area contributed by atoms with Gasteiger partial charge in [0, 0.05) is 33.7 Å². The Morgan fingerprint density at radius 1 is 0.935 bits per heavy atom. The number of hydrogen-bond acceptors (Lipinski definition) is 3. The van der Waals surface area contributed by atoms with E-state index < -0.39 is 25.1 Å². The molecule has 3 aromatic heterocycles. The van der Waals surface area contributed by atoms with Crippen molar-refractivity contribution in [1.82, 2.24) is 9.97 Å². The second-order valence-electron chi connectivity index (χ2n) is 14.0. The van der Waals surface area contributed by atoms with E-state index in [4.69, 9.17) is 2.74 Å². The minimum atomic E-state index is -1.93. The number of halogens is 1. The quantitative estimate of drug-likeness (QED) is 0.123. The number of thiophene rings is 1. The van der Waals surface area contributed by atoms with Gasteiger partial charge < -0.3 is 4.98 Å². The summed E-state index contributed by atoms with van der Waals surface area (Å²) in [7, 11) is 0. The molecular formula is C40H43FGeIrN2S-2. The van der Waals surface area contributed by atoms with E-state index in [0.717, 1.165) is 33.6 Å². The summed E-state index contributed by atoms with van der Waals surface area (Å²) in [6.07, 6.45) is 3.37. The standard InChI is InChI=1S/C22H20NS.C18H23FGeN.Ir/c1-22(2,3)14-15-11-12-23-19(13-15)18-9-6-8-17-16-7-4-5-10-20(16)24-21(17)18;1-13(2)10-15-11-18(14-6-8-16(19)9-7-14)21-12-17(15)20(3,4)5;/h4-8,10-13H,14H2,1-3H3;6,8-9,11-13H,10H2,1-5H3;/q2*-1;/i14D2;;. The number of hydrogen-bond donors (Lipinski definition) is 0. The number of fused-ring (bicyclic) bond motifs is 3. The summed E-state index contributed by atoms with van der Waals surface area (Å²) in [6, 6.07) is 29.1. The van der Waals surface area contributed by atoms with E-state index in [-0.39, 0.29) is 25.9 Å². The molecule has 46 heavy (non-hydrogen) atoms. The van der Waals surface area contributed by atoms with Crippen molar-refractivity contribution in [3.8, 4) is 22.5 Å². The molecule has 1 radical (unpaired) electrons. The number of pyridine rings is 2. The van der Waals surface area contributed by atoms with Crippen molar-refractivity contribution in [2.24, 2.45) is 11.3 Å². The Morgan fingerprint density at radius 2 is 1.70 bits per heavy atom. The molecule has 6 heteroatoms. The number of nitrogens with zero attached hydrogens (tertiary/aromatic N) is 2. The van der Waals surface area contributed by atoms with Crippen molar-refractivity contribution >= 4 is 49.2 Å². The predicted molar refractivity (Wildman–Crippen MR) is 195 cm³/mol. The molecular weight excluding hydrogens is 824 g/mol. The van der Waals surface area contributed by atoms with Crippen LogP contribution in [-0.2, 0) is 32.9 Å². The van der Waals surface area contributed by atoms with E-state index in [1.54, 1.807) is 29.7 Å². The monoisotopic (exact) mass is 871 g/mol. The molecule has 0 saturated heterocycles. The minimum Gasteiger partial charge on any atom is -0.305 e. The van der Waals surface area contributed by atoms with E-state index in [2.05, 4.69) is 89.6 Å². The molecule has 0 fully saturated rings. The van der Waals surface area contributed by atoms with Gasteiger partial charge in [-0.2, -0.15) is 11.3 Å². The predicted octanol–water partition coefficient (Wildman–Crippen LogP) is 10.9. The summed E-state index contributed by atoms with van der Waals surface area (Å²) in [4.78, 5) is 9.14. The summed E-state index contributed by atoms with van der Waals surface area (Å²) < 4.78 is 34.0. The van der Waals surface area contributed by atoms with Crippen LogP contribution < -0.4 is 4.40 Å². The van der Waals surface area contributed by atoms with Crippen LogP contribution in [0.2, 0.25) is 17.3 Å². The first-order chi connectivity index (χ1) is 22.1. The molecule has 0 aliphatic heterocycles. The Hall–Kier alpha value is -2.70. The molecule has 6 aromatic rings. The van der Waals surface area contributed by atoms with Gasteiger partial charge in [-0.05, 0) is 39.7 Å². The fraction of sp³-hybridized carbons (Fsp3) is 0.300. The smallest absolute Gasteiger partial charge is 0.0321 e. The number of aromatic nitrogens is 2. The molecule has 2 nitrogen and oxygen atoms in total. The largest absolute Gasteiger partial charge is 0.305 e. The molecule has 0 aliphatic rings. The molecule has 3 heterocycles. The second kappa shape index (κ2) is 15.0. The number of rotatable bonds is 6. The van der Waals surface area contributed by atoms with Gasteiger partial charge in [-0.3, -0.25) is 0 Å². The fourth-order valence-corrected chi connectivity index (χ4v) is 10.00. The zero-order valence-electron chi connectivity index (χ0n) is 29.9. The molecule has 6 rings (SSSR count). The van der Waals surface area contributed by atoms with Crippen LogP contribution in [0, 0.1) is 29.3 Å². The minimum absolute atomic E-state index is 0. The van der Waals surface area contributed by atoms with Crippen molar-refractivity contribution in [3.63, 3.8) is 0 Å². The van der Waals surface area contributed by atoms with Crippen molar-refractivity contribution in [2.75, 3.05) is 0 Å². The molecule has 0 amide bonds. The molecule has 0 unspecified atom stereocenters. The Balaban J connectivity index is 0.000000218. The molecule has 0 saturated carbocycles. The van der Waals surface area contributed by atoms with E-state index in [1.807, 2.05) is 39.1 Å². The van der Waals surface area contributed by atoms with Gasteiger partial charge in [-0.25, -0.2) is 0 Å². The summed E-state index contributed by atoms with van der Waals surface area (Å²) in [5.74, 6) is 7.53. The first kappa shape index (κ1) is 33.2. The third-order valence-corrected chi connectivity index (χ3v) is 12.9. The number of benzene rings is 3. The van der Waals surface area contributed by atoms with Crippen molar-refractivity contribution in [2.45, 2.75) is 64.7 Å². The van der Waals surface area contributed by atoms with Crippen LogP contribution in [0.4, 0.5) is 4.39 Å². The van der Waals surface area contributed by atoms with Crippen LogP contribution in [-0.4, -0.2) is 23.2 Å². The topological polar surface area (TPSA) is 25.8 Å². The summed E-state index contributed by atoms with van der Waals surface area (Å²) in [6.45, 7) is 10.2. The van der Waals surface area contributed by atoms with E-state index in [0.29, 0.717) is 11.5 Å². The molecule has 3 aromatic carbocycles. The molecule has 0 N–H and O–H groups in total. The van der Waals surface area contributed by atoms with Crippen LogP contribution in [0.15, 0.2) is 85.2 Å². The van der Waals surface area contributed by atoms with Crippen molar-refractivity contribution in [1.29, 1.82) is 0 Å². The summed E-state index contributed by atoms with van der Waals surface area (Å²) >= 11 is -0.192. The molecule has 0 bridgehead atoms. The van der Waals surface area contributed by atoms with Crippen LogP contribution >= 0.6 is 11.3 Å². The fourth-order valence-electron chi connectivity index (χ4n) is 5.45. The second-order valence-corrected chi connectivity index (χ2v) is 25.6. The Morgan fingerprint density at radius 3 is 2.37 bits per heavy atom. The zero-order valence-corrected chi connectivity index (χ0v) is 33.2. The summed E-state index contributed by atoms with van der Waals surface area (Å²) in [5, 5.41) is 2.44. The SMILES string of the molecule is CC(C)Cc1cc(-c2[c-]cc(F)cc2)nc[c]1[Ge]([CH3])([CH3])[CH3].[2H]C([2H])(c1ccnc(-c2[c-]ccc3c2sc2ccccc23)c1)C(C)(C)C.[Ir]. The summed E-state index contributed by atoms with van der Waals surface area (Å²) in [5.41, 5.74) is 5.01. The third kappa shape index (κ3) is 9.01. The van der Waals surface area contributed by atoms with E-state index in [9.17, 15) is 4.39 Å². The average molecular weight is 870 g/mol. The van der Waals surface area contributed by atoms with Gasteiger partial charge >= 0.3 is 130 Å². The first-order valence-corrected chi connectivity index (χ1v) is 23.7. The third-order valence-electron chi connectivity index (χ3n) is 7.35. The maximum Gasteiger partial charge on any atom is 0.0321 e. The molecule has 0 spiro atoms. The first-order valence-electron chi connectivity index (χ1n) is 16.5. The Kier molecular flexibility index (Phi) is 10.8. The van der Waals surface area contributed by atoms with Gasteiger partial charge in [0.1, 0.15) is 0 Å². The van der Waals surface area contributed by atoms with Gasteiger partial charge in [0.05, 0.1) is 0 Å². The molecule has 0 atom stereocenters. The van der Waals surface area contributed by atoms with Gasteiger partial charge in [0.2, 0.25) is 0 Å². The Labute approximate surface area is 297 Å². The van der Waals surface area contributed by atoms with Crippen LogP contribution in [0.5, 0.6) is 0 Å². The zero-order chi connectivity index (χ0) is 34.1. The average Bonchev–Trinajstić information content (AvgIpc) is 3.39. The van der Waals surface area contributed by atoms with Gasteiger partial charge in [-0.15, -0.1) is 23.8 Å². The van der Waals surface area contributed by atoms with E-state index >= 15 is 0 Å². The molecule has 241 valence electrons. The Bertz CT molecular complexity index is 2010. The maximum absolute atomic E-state index is 13.0. The van der Waals surface area contributed by atoms with Crippen LogP contribution in [0.25, 0.3) is 42.7 Å². The van der Waals surface area contributed by atoms with Gasteiger partial charge in [0.15, 0.2) is 0 Å². The molecule has 0 aliphatic carbocycles.